The van der Waals surface area contributed by atoms with Crippen molar-refractivity contribution in [3.8, 4) is 0 Å². The van der Waals surface area contributed by atoms with Gasteiger partial charge in [-0.3, -0.25) is 20.2 Å². The lowest BCUT2D eigenvalue weighted by Gasteiger charge is -2.13. The second kappa shape index (κ2) is 14.7. The summed E-state index contributed by atoms with van der Waals surface area (Å²) in [6.45, 7) is 36.4. The number of nitrogens with one attached hydrogen (secondary N) is 1. The van der Waals surface area contributed by atoms with E-state index in [9.17, 15) is 20.2 Å². The number of H-pyrrole nitrogens is 1. The highest BCUT2D eigenvalue weighted by molar-refractivity contribution is 5.97. The van der Waals surface area contributed by atoms with Crippen molar-refractivity contribution >= 4 is 49.8 Å². The predicted octanol–water partition coefficient (Wildman–Crippen LogP) is 11.5. The van der Waals surface area contributed by atoms with Crippen LogP contribution in [0.25, 0.3) is 32.7 Å². The van der Waals surface area contributed by atoms with Crippen molar-refractivity contribution in [3.05, 3.63) is 104 Å². The van der Waals surface area contributed by atoms with Gasteiger partial charge in [-0.05, 0) is 162 Å². The van der Waals surface area contributed by atoms with Gasteiger partial charge in [-0.1, -0.05) is 0 Å². The van der Waals surface area contributed by atoms with Crippen LogP contribution in [0, 0.1) is 124 Å². The monoisotopic (exact) mass is 722 g/mol. The van der Waals surface area contributed by atoms with E-state index in [1.54, 1.807) is 0 Å². The van der Waals surface area contributed by atoms with Crippen LogP contribution in [0.2, 0.25) is 0 Å². The fourth-order valence-corrected chi connectivity index (χ4v) is 8.55. The Balaban J connectivity index is 0.000000178. The zero-order valence-electron chi connectivity index (χ0n) is 34.9. The van der Waals surface area contributed by atoms with Crippen LogP contribution < -0.4 is 5.73 Å². The molecule has 0 aliphatic rings. The van der Waals surface area contributed by atoms with E-state index >= 15 is 0 Å². The number of nitro groups is 2. The zero-order valence-corrected chi connectivity index (χ0v) is 34.9. The number of hydrogen-bond acceptors (Lipinski definition) is 5. The molecule has 0 spiro atoms. The quantitative estimate of drug-likeness (QED) is 0.106. The van der Waals surface area contributed by atoms with Gasteiger partial charge >= 0.3 is 0 Å². The van der Waals surface area contributed by atoms with Crippen molar-refractivity contribution in [3.63, 3.8) is 0 Å². The Labute approximate surface area is 313 Å². The molecule has 3 heterocycles. The Morgan fingerprint density at radius 1 is 0.491 bits per heavy atom. The van der Waals surface area contributed by atoms with Gasteiger partial charge in [-0.2, -0.15) is 0 Å². The first-order chi connectivity index (χ1) is 24.6. The van der Waals surface area contributed by atoms with Crippen molar-refractivity contribution in [1.82, 2.24) is 14.1 Å². The maximum atomic E-state index is 11.3. The summed E-state index contributed by atoms with van der Waals surface area (Å²) in [6.07, 6.45) is 0. The van der Waals surface area contributed by atoms with E-state index in [1.165, 1.54) is 44.5 Å². The summed E-state index contributed by atoms with van der Waals surface area (Å²) in [6, 6.07) is 0. The molecule has 3 aromatic heterocycles. The number of benzene rings is 3. The standard InChI is InChI=1S/C15H20N2O2.C15H22N2.C13H16N2O2/c1-7-16-12(6)10(4)13-11(5)14(17(18)19)8(2)9(3)15(13)16;1-7-17-12(6)10(4)13-11(5)14(16)8(2)9(3)15(13)17;1-6-7(2)13(15(16)17)9(4)11-8(3)10(5)14-12(6)11/h7H2,1-6H3;7,16H2,1-6H3;14H,1-5H3. The van der Waals surface area contributed by atoms with E-state index < -0.39 is 0 Å². The molecule has 284 valence electrons. The second-order valence-corrected chi connectivity index (χ2v) is 14.7. The maximum absolute atomic E-state index is 11.3. The lowest BCUT2D eigenvalue weighted by molar-refractivity contribution is -0.386. The summed E-state index contributed by atoms with van der Waals surface area (Å²) in [7, 11) is 0. The first-order valence-electron chi connectivity index (χ1n) is 18.4. The van der Waals surface area contributed by atoms with Crippen LogP contribution >= 0.6 is 0 Å². The molecule has 0 bridgehead atoms. The number of anilines is 1. The molecule has 0 aliphatic carbocycles. The molecule has 0 unspecified atom stereocenters. The van der Waals surface area contributed by atoms with E-state index in [2.05, 4.69) is 76.4 Å². The van der Waals surface area contributed by atoms with E-state index in [-0.39, 0.29) is 21.2 Å². The van der Waals surface area contributed by atoms with Crippen LogP contribution in [0.4, 0.5) is 17.1 Å². The smallest absolute Gasteiger partial charge is 0.276 e. The van der Waals surface area contributed by atoms with Gasteiger partial charge in [0.05, 0.1) is 20.9 Å². The molecule has 10 nitrogen and oxygen atoms in total. The molecule has 0 radical (unpaired) electrons. The van der Waals surface area contributed by atoms with Crippen molar-refractivity contribution in [2.24, 2.45) is 0 Å². The molecule has 0 fully saturated rings. The largest absolute Gasteiger partial charge is 0.398 e. The van der Waals surface area contributed by atoms with Crippen LogP contribution in [-0.4, -0.2) is 24.0 Å². The SMILES string of the molecule is CCn1c(C)c(C)c2c(C)c(N)c(C)c(C)c21.CCn1c(C)c(C)c2c(C)c([N+](=O)[O-])c(C)c(C)c21.Cc1[nH]c2c(C)c(C)c([N+](=O)[O-])c(C)c2c1C. The Hall–Kier alpha value is -5.12. The van der Waals surface area contributed by atoms with Crippen molar-refractivity contribution in [1.29, 1.82) is 0 Å². The van der Waals surface area contributed by atoms with Gasteiger partial charge in [0.1, 0.15) is 0 Å². The number of nitrogen functional groups attached to an aromatic ring is 1. The molecule has 0 amide bonds. The van der Waals surface area contributed by atoms with Crippen LogP contribution in [0.3, 0.4) is 0 Å². The highest BCUT2D eigenvalue weighted by Crippen LogP contribution is 2.40. The molecular weight excluding hydrogens is 665 g/mol. The summed E-state index contributed by atoms with van der Waals surface area (Å²) in [5.41, 5.74) is 27.3. The Morgan fingerprint density at radius 3 is 1.28 bits per heavy atom. The van der Waals surface area contributed by atoms with Gasteiger partial charge in [-0.15, -0.1) is 0 Å². The van der Waals surface area contributed by atoms with Crippen molar-refractivity contribution < 1.29 is 9.85 Å². The summed E-state index contributed by atoms with van der Waals surface area (Å²) < 4.78 is 4.66. The van der Waals surface area contributed by atoms with Crippen molar-refractivity contribution in [2.45, 2.75) is 131 Å². The van der Waals surface area contributed by atoms with E-state index in [1.807, 2.05) is 55.4 Å². The minimum atomic E-state index is -0.279. The highest BCUT2D eigenvalue weighted by Gasteiger charge is 2.26. The number of hydrogen-bond donors (Lipinski definition) is 2. The predicted molar refractivity (Wildman–Crippen MR) is 222 cm³/mol. The topological polar surface area (TPSA) is 138 Å². The van der Waals surface area contributed by atoms with E-state index in [0.717, 1.165) is 90.8 Å². The van der Waals surface area contributed by atoms with E-state index in [4.69, 9.17) is 5.73 Å². The first-order valence-corrected chi connectivity index (χ1v) is 18.4. The van der Waals surface area contributed by atoms with Crippen LogP contribution in [0.1, 0.15) is 97.7 Å². The van der Waals surface area contributed by atoms with Gasteiger partial charge < -0.3 is 19.9 Å². The van der Waals surface area contributed by atoms with Gasteiger partial charge in [0.25, 0.3) is 11.4 Å². The average Bonchev–Trinajstić information content (AvgIpc) is 3.65. The zero-order chi connectivity index (χ0) is 40.3. The maximum Gasteiger partial charge on any atom is 0.276 e. The number of aromatic amines is 1. The number of nitrogens with zero attached hydrogens (tertiary/aromatic N) is 4. The average molecular weight is 723 g/mol. The Bertz CT molecular complexity index is 2490. The molecule has 3 aromatic carbocycles. The number of nitrogens with two attached hydrogens (primary N) is 1. The first kappa shape index (κ1) is 40.6. The molecule has 6 rings (SSSR count). The third-order valence-corrected chi connectivity index (χ3v) is 12.3. The summed E-state index contributed by atoms with van der Waals surface area (Å²) in [5.74, 6) is 0. The number of nitro benzene ring substituents is 2. The molecule has 0 saturated carbocycles. The molecule has 0 saturated heterocycles. The number of fused-ring (bicyclic) bond motifs is 3. The van der Waals surface area contributed by atoms with Crippen molar-refractivity contribution in [2.75, 3.05) is 5.73 Å². The fourth-order valence-electron chi connectivity index (χ4n) is 8.55. The lowest BCUT2D eigenvalue weighted by atomic mass is 9.97. The number of aromatic nitrogens is 3. The summed E-state index contributed by atoms with van der Waals surface area (Å²) >= 11 is 0. The molecule has 10 heteroatoms. The second-order valence-electron chi connectivity index (χ2n) is 14.7. The number of rotatable bonds is 4. The van der Waals surface area contributed by atoms with Gasteiger partial charge in [-0.25, -0.2) is 0 Å². The normalized spacial score (nSPS) is 11.3. The van der Waals surface area contributed by atoms with Gasteiger partial charge in [0.15, 0.2) is 0 Å². The molecule has 53 heavy (non-hydrogen) atoms. The molecule has 0 atom stereocenters. The van der Waals surface area contributed by atoms with Crippen LogP contribution in [-0.2, 0) is 13.1 Å². The minimum Gasteiger partial charge on any atom is -0.398 e. The Morgan fingerprint density at radius 2 is 0.868 bits per heavy atom. The third-order valence-electron chi connectivity index (χ3n) is 12.3. The summed E-state index contributed by atoms with van der Waals surface area (Å²) in [4.78, 5) is 25.2. The molecule has 0 aliphatic heterocycles. The molecule has 3 N–H and O–H groups in total. The van der Waals surface area contributed by atoms with Crippen LogP contribution in [0.5, 0.6) is 0 Å². The Kier molecular flexibility index (Phi) is 11.3. The third kappa shape index (κ3) is 6.25. The fraction of sp³-hybridized carbons (Fsp3) is 0.442. The lowest BCUT2D eigenvalue weighted by Crippen LogP contribution is -2.02. The number of aryl methyl sites for hydroxylation is 12. The minimum absolute atomic E-state index is 0.247. The van der Waals surface area contributed by atoms with Gasteiger partial charge in [0, 0.05) is 79.8 Å². The highest BCUT2D eigenvalue weighted by atomic mass is 16.6. The summed E-state index contributed by atoms with van der Waals surface area (Å²) in [5, 5.41) is 25.9. The van der Waals surface area contributed by atoms with Gasteiger partial charge in [0.2, 0.25) is 0 Å². The molecule has 6 aromatic rings. The van der Waals surface area contributed by atoms with Crippen LogP contribution in [0.15, 0.2) is 0 Å². The van der Waals surface area contributed by atoms with E-state index in [0.29, 0.717) is 0 Å². The molecular formula is C43H58N6O4.